The van der Waals surface area contributed by atoms with Gasteiger partial charge in [0.05, 0.1) is 11.6 Å². The normalized spacial score (nSPS) is 19.8. The van der Waals surface area contributed by atoms with Crippen molar-refractivity contribution < 1.29 is 13.2 Å². The number of amidine groups is 1. The number of nitrogens with one attached hydrogen (secondary N) is 1. The van der Waals surface area contributed by atoms with Crippen molar-refractivity contribution in [3.8, 4) is 0 Å². The molecule has 1 unspecified atom stereocenters. The van der Waals surface area contributed by atoms with Gasteiger partial charge in [-0.05, 0) is 25.1 Å². The fourth-order valence-corrected chi connectivity index (χ4v) is 2.88. The van der Waals surface area contributed by atoms with Crippen LogP contribution in [0.4, 0.5) is 18.9 Å². The molecule has 0 aliphatic carbocycles. The van der Waals surface area contributed by atoms with Gasteiger partial charge in [0, 0.05) is 15.9 Å². The highest BCUT2D eigenvalue weighted by Crippen LogP contribution is 2.36. The van der Waals surface area contributed by atoms with E-state index >= 15 is 0 Å². The third-order valence-electron chi connectivity index (χ3n) is 2.32. The Balaban J connectivity index is 2.23. The minimum Gasteiger partial charge on any atom is -0.335 e. The SMILES string of the molecule is CC1CSC(Nc2ccc(Br)c(C(F)(F)F)c2)=N1. The topological polar surface area (TPSA) is 24.4 Å². The van der Waals surface area contributed by atoms with Crippen LogP contribution in [0.25, 0.3) is 0 Å². The third-order valence-corrected chi connectivity index (χ3v) is 4.14. The van der Waals surface area contributed by atoms with Crippen LogP contribution < -0.4 is 5.32 Å². The molecule has 0 radical (unpaired) electrons. The van der Waals surface area contributed by atoms with E-state index in [1.54, 1.807) is 6.07 Å². The maximum atomic E-state index is 12.7. The van der Waals surface area contributed by atoms with Crippen molar-refractivity contribution >= 4 is 38.5 Å². The Morgan fingerprint density at radius 1 is 1.44 bits per heavy atom. The van der Waals surface area contributed by atoms with Crippen LogP contribution >= 0.6 is 27.7 Å². The van der Waals surface area contributed by atoms with Gasteiger partial charge in [-0.25, -0.2) is 0 Å². The highest BCUT2D eigenvalue weighted by molar-refractivity contribution is 9.10. The molecule has 2 nitrogen and oxygen atoms in total. The first-order chi connectivity index (χ1) is 8.36. The van der Waals surface area contributed by atoms with Crippen molar-refractivity contribution in [2.75, 3.05) is 11.1 Å². The number of aliphatic imine (C=N–C) groups is 1. The fraction of sp³-hybridized carbons (Fsp3) is 0.364. The molecular formula is C11H10BrF3N2S. The first-order valence-corrected chi connectivity index (χ1v) is 6.98. The molecule has 1 aliphatic rings. The second-order valence-electron chi connectivity index (χ2n) is 3.91. The maximum absolute atomic E-state index is 12.7. The number of hydrogen-bond acceptors (Lipinski definition) is 3. The van der Waals surface area contributed by atoms with Crippen LogP contribution in [0.3, 0.4) is 0 Å². The van der Waals surface area contributed by atoms with Gasteiger partial charge in [0.15, 0.2) is 5.17 Å². The average molecular weight is 339 g/mol. The Morgan fingerprint density at radius 2 is 2.17 bits per heavy atom. The number of hydrogen-bond donors (Lipinski definition) is 1. The number of alkyl halides is 3. The molecule has 0 spiro atoms. The molecule has 1 atom stereocenters. The molecule has 0 aromatic heterocycles. The Hall–Kier alpha value is -0.690. The lowest BCUT2D eigenvalue weighted by molar-refractivity contribution is -0.138. The van der Waals surface area contributed by atoms with Gasteiger partial charge in [0.2, 0.25) is 0 Å². The molecule has 2 rings (SSSR count). The molecule has 0 saturated carbocycles. The second-order valence-corrected chi connectivity index (χ2v) is 5.77. The molecule has 98 valence electrons. The van der Waals surface area contributed by atoms with Crippen molar-refractivity contribution in [1.29, 1.82) is 0 Å². The lowest BCUT2D eigenvalue weighted by Crippen LogP contribution is -2.09. The van der Waals surface area contributed by atoms with Crippen molar-refractivity contribution in [3.05, 3.63) is 28.2 Å². The number of anilines is 1. The summed E-state index contributed by atoms with van der Waals surface area (Å²) in [5, 5.41) is 3.57. The number of rotatable bonds is 1. The zero-order valence-corrected chi connectivity index (χ0v) is 11.8. The molecule has 0 saturated heterocycles. The smallest absolute Gasteiger partial charge is 0.335 e. The summed E-state index contributed by atoms with van der Waals surface area (Å²) < 4.78 is 38.2. The summed E-state index contributed by atoms with van der Waals surface area (Å²) in [6.45, 7) is 1.96. The van der Waals surface area contributed by atoms with E-state index in [0.29, 0.717) is 10.9 Å². The van der Waals surface area contributed by atoms with Crippen LogP contribution in [0.2, 0.25) is 0 Å². The van der Waals surface area contributed by atoms with E-state index in [-0.39, 0.29) is 10.5 Å². The molecule has 1 aliphatic heterocycles. The van der Waals surface area contributed by atoms with Crippen molar-refractivity contribution in [3.63, 3.8) is 0 Å². The lowest BCUT2D eigenvalue weighted by atomic mass is 10.2. The Morgan fingerprint density at radius 3 is 2.72 bits per heavy atom. The van der Waals surface area contributed by atoms with Gasteiger partial charge in [-0.3, -0.25) is 4.99 Å². The highest BCUT2D eigenvalue weighted by atomic mass is 79.9. The van der Waals surface area contributed by atoms with E-state index in [1.807, 2.05) is 6.92 Å². The lowest BCUT2D eigenvalue weighted by Gasteiger charge is -2.12. The molecule has 7 heteroatoms. The van der Waals surface area contributed by atoms with Crippen LogP contribution in [0, 0.1) is 0 Å². The fourth-order valence-electron chi connectivity index (χ4n) is 1.49. The minimum atomic E-state index is -4.37. The minimum absolute atomic E-state index is 0.0370. The van der Waals surface area contributed by atoms with Gasteiger partial charge >= 0.3 is 6.18 Å². The molecule has 1 aromatic carbocycles. The zero-order valence-electron chi connectivity index (χ0n) is 9.38. The number of nitrogens with zero attached hydrogens (tertiary/aromatic N) is 1. The van der Waals surface area contributed by atoms with Gasteiger partial charge in [0.1, 0.15) is 0 Å². The van der Waals surface area contributed by atoms with E-state index in [0.717, 1.165) is 11.8 Å². The summed E-state index contributed by atoms with van der Waals surface area (Å²) in [7, 11) is 0. The molecule has 1 N–H and O–H groups in total. The summed E-state index contributed by atoms with van der Waals surface area (Å²) in [5.74, 6) is 0.852. The molecule has 1 aromatic rings. The Bertz CT molecular complexity index is 488. The number of benzene rings is 1. The van der Waals surface area contributed by atoms with E-state index in [4.69, 9.17) is 0 Å². The Labute approximate surface area is 115 Å². The van der Waals surface area contributed by atoms with Gasteiger partial charge in [0.25, 0.3) is 0 Å². The standard InChI is InChI=1S/C11H10BrF3N2S/c1-6-5-18-10(16-6)17-7-2-3-9(12)8(4-7)11(13,14)15/h2-4,6H,5H2,1H3,(H,16,17). The van der Waals surface area contributed by atoms with Crippen LogP contribution in [0.1, 0.15) is 12.5 Å². The summed E-state index contributed by atoms with van der Waals surface area (Å²) in [6.07, 6.45) is -4.37. The summed E-state index contributed by atoms with van der Waals surface area (Å²) in [4.78, 5) is 4.27. The molecule has 18 heavy (non-hydrogen) atoms. The van der Waals surface area contributed by atoms with Crippen LogP contribution in [-0.2, 0) is 6.18 Å². The first-order valence-electron chi connectivity index (χ1n) is 5.20. The van der Waals surface area contributed by atoms with E-state index in [1.165, 1.54) is 17.8 Å². The first kappa shape index (κ1) is 13.7. The van der Waals surface area contributed by atoms with E-state index < -0.39 is 11.7 Å². The molecule has 0 amide bonds. The van der Waals surface area contributed by atoms with Crippen LogP contribution in [0.15, 0.2) is 27.7 Å². The van der Waals surface area contributed by atoms with Crippen LogP contribution in [0.5, 0.6) is 0 Å². The highest BCUT2D eigenvalue weighted by Gasteiger charge is 2.33. The van der Waals surface area contributed by atoms with E-state index in [9.17, 15) is 13.2 Å². The van der Waals surface area contributed by atoms with E-state index in [2.05, 4.69) is 26.2 Å². The molecule has 0 fully saturated rings. The predicted molar refractivity (Wildman–Crippen MR) is 72.1 cm³/mol. The average Bonchev–Trinajstić information content (AvgIpc) is 2.65. The molecular weight excluding hydrogens is 329 g/mol. The maximum Gasteiger partial charge on any atom is 0.417 e. The largest absolute Gasteiger partial charge is 0.417 e. The molecule has 0 bridgehead atoms. The summed E-state index contributed by atoms with van der Waals surface area (Å²) >= 11 is 4.41. The second kappa shape index (κ2) is 5.13. The zero-order chi connectivity index (χ0) is 13.3. The number of thioether (sulfide) groups is 1. The predicted octanol–water partition coefficient (Wildman–Crippen LogP) is 4.37. The molecule has 1 heterocycles. The quantitative estimate of drug-likeness (QED) is 0.822. The van der Waals surface area contributed by atoms with Crippen LogP contribution in [-0.4, -0.2) is 17.0 Å². The summed E-state index contributed by atoms with van der Waals surface area (Å²) in [5.41, 5.74) is -0.296. The van der Waals surface area contributed by atoms with Gasteiger partial charge < -0.3 is 5.32 Å². The Kier molecular flexibility index (Phi) is 3.91. The van der Waals surface area contributed by atoms with Crippen molar-refractivity contribution in [1.82, 2.24) is 0 Å². The van der Waals surface area contributed by atoms with Gasteiger partial charge in [-0.1, -0.05) is 27.7 Å². The third kappa shape index (κ3) is 3.20. The van der Waals surface area contributed by atoms with Gasteiger partial charge in [-0.15, -0.1) is 0 Å². The monoisotopic (exact) mass is 338 g/mol. The van der Waals surface area contributed by atoms with Crippen molar-refractivity contribution in [2.45, 2.75) is 19.1 Å². The van der Waals surface area contributed by atoms with Gasteiger partial charge in [-0.2, -0.15) is 13.2 Å². The van der Waals surface area contributed by atoms with Crippen molar-refractivity contribution in [2.24, 2.45) is 4.99 Å². The number of halogens is 4. The summed E-state index contributed by atoms with van der Waals surface area (Å²) in [6, 6.07) is 4.26.